The fraction of sp³-hybridized carbons (Fsp3) is 0.421. The van der Waals surface area contributed by atoms with Crippen LogP contribution in [0.4, 0.5) is 0 Å². The quantitative estimate of drug-likeness (QED) is 0.876. The summed E-state index contributed by atoms with van der Waals surface area (Å²) in [7, 11) is 0. The first kappa shape index (κ1) is 13.8. The Labute approximate surface area is 131 Å². The third kappa shape index (κ3) is 2.40. The number of carbonyl (C=O) groups excluding carboxylic acids is 1. The van der Waals surface area contributed by atoms with Crippen molar-refractivity contribution >= 4 is 16.7 Å². The Morgan fingerprint density at radius 2 is 1.77 bits per heavy atom. The van der Waals surface area contributed by atoms with Crippen molar-refractivity contribution in [3.63, 3.8) is 0 Å². The van der Waals surface area contributed by atoms with Gasteiger partial charge in [0.25, 0.3) is 5.91 Å². The molecule has 2 aliphatic rings. The molecule has 3 heteroatoms. The van der Waals surface area contributed by atoms with Crippen LogP contribution in [-0.2, 0) is 0 Å². The zero-order valence-corrected chi connectivity index (χ0v) is 12.8. The molecule has 2 heterocycles. The second kappa shape index (κ2) is 5.40. The van der Waals surface area contributed by atoms with Gasteiger partial charge in [-0.1, -0.05) is 30.3 Å². The second-order valence-corrected chi connectivity index (χ2v) is 6.79. The van der Waals surface area contributed by atoms with Gasteiger partial charge in [0.05, 0.1) is 0 Å². The van der Waals surface area contributed by atoms with E-state index in [1.807, 2.05) is 24.3 Å². The van der Waals surface area contributed by atoms with Crippen LogP contribution in [-0.4, -0.2) is 37.0 Å². The highest BCUT2D eigenvalue weighted by atomic mass is 16.2. The van der Waals surface area contributed by atoms with E-state index in [-0.39, 0.29) is 5.91 Å². The Hall–Kier alpha value is -1.87. The van der Waals surface area contributed by atoms with Gasteiger partial charge in [0.2, 0.25) is 0 Å². The molecule has 2 aromatic rings. The monoisotopic (exact) mass is 294 g/mol. The number of carbonyl (C=O) groups is 1. The smallest absolute Gasteiger partial charge is 0.253 e. The zero-order valence-electron chi connectivity index (χ0n) is 12.8. The number of nitrogens with one attached hydrogen (secondary N) is 1. The van der Waals surface area contributed by atoms with Crippen molar-refractivity contribution in [2.75, 3.05) is 26.2 Å². The predicted molar refractivity (Wildman–Crippen MR) is 89.0 cm³/mol. The summed E-state index contributed by atoms with van der Waals surface area (Å²) in [6.45, 7) is 4.03. The van der Waals surface area contributed by atoms with Crippen LogP contribution in [0, 0.1) is 5.41 Å². The molecule has 2 fully saturated rings. The van der Waals surface area contributed by atoms with E-state index in [1.54, 1.807) is 0 Å². The Balaban J connectivity index is 1.56. The summed E-state index contributed by atoms with van der Waals surface area (Å²) < 4.78 is 0. The summed E-state index contributed by atoms with van der Waals surface area (Å²) in [5.41, 5.74) is 1.20. The van der Waals surface area contributed by atoms with E-state index in [9.17, 15) is 4.79 Å². The van der Waals surface area contributed by atoms with Gasteiger partial charge in [-0.05, 0) is 60.7 Å². The molecule has 4 rings (SSSR count). The minimum absolute atomic E-state index is 0.196. The Kier molecular flexibility index (Phi) is 3.38. The molecule has 0 atom stereocenters. The number of fused-ring (bicyclic) bond motifs is 1. The van der Waals surface area contributed by atoms with Gasteiger partial charge in [-0.25, -0.2) is 0 Å². The van der Waals surface area contributed by atoms with Gasteiger partial charge in [-0.15, -0.1) is 0 Å². The number of piperidine rings is 1. The van der Waals surface area contributed by atoms with Crippen molar-refractivity contribution in [1.82, 2.24) is 10.2 Å². The van der Waals surface area contributed by atoms with Gasteiger partial charge in [0, 0.05) is 18.7 Å². The van der Waals surface area contributed by atoms with Gasteiger partial charge < -0.3 is 10.2 Å². The number of likely N-dealkylation sites (tertiary alicyclic amines) is 1. The van der Waals surface area contributed by atoms with Crippen molar-refractivity contribution < 1.29 is 4.79 Å². The number of benzene rings is 2. The maximum absolute atomic E-state index is 12.8. The van der Waals surface area contributed by atoms with E-state index in [1.165, 1.54) is 18.2 Å². The lowest BCUT2D eigenvalue weighted by Gasteiger charge is -2.33. The maximum Gasteiger partial charge on any atom is 0.253 e. The average Bonchev–Trinajstić information content (AvgIpc) is 2.98. The minimum Gasteiger partial charge on any atom is -0.338 e. The van der Waals surface area contributed by atoms with E-state index >= 15 is 0 Å². The normalized spacial score (nSPS) is 20.6. The Morgan fingerprint density at radius 3 is 2.59 bits per heavy atom. The Bertz CT molecular complexity index is 703. The lowest BCUT2D eigenvalue weighted by Crippen LogP contribution is -2.39. The molecule has 0 aromatic heterocycles. The fourth-order valence-corrected chi connectivity index (χ4v) is 3.98. The number of hydrogen-bond acceptors (Lipinski definition) is 2. The molecule has 0 radical (unpaired) electrons. The van der Waals surface area contributed by atoms with E-state index in [2.05, 4.69) is 28.4 Å². The van der Waals surface area contributed by atoms with Crippen molar-refractivity contribution in [3.8, 4) is 0 Å². The van der Waals surface area contributed by atoms with Gasteiger partial charge in [-0.3, -0.25) is 4.79 Å². The first-order valence-electron chi connectivity index (χ1n) is 8.25. The molecule has 1 amide bonds. The highest BCUT2D eigenvalue weighted by Crippen LogP contribution is 2.39. The number of nitrogens with zero attached hydrogens (tertiary/aromatic N) is 1. The molecule has 1 spiro atoms. The first-order valence-corrected chi connectivity index (χ1v) is 8.25. The van der Waals surface area contributed by atoms with Crippen LogP contribution in [0.2, 0.25) is 0 Å². The molecule has 114 valence electrons. The van der Waals surface area contributed by atoms with Crippen molar-refractivity contribution in [2.24, 2.45) is 5.41 Å². The SMILES string of the molecule is O=C(c1ccc2ccccc2c1)N1CCC2(CCNCC2)C1. The topological polar surface area (TPSA) is 32.3 Å². The molecule has 0 unspecified atom stereocenters. The summed E-state index contributed by atoms with van der Waals surface area (Å²) in [6, 6.07) is 14.3. The summed E-state index contributed by atoms with van der Waals surface area (Å²) in [5.74, 6) is 0.196. The number of rotatable bonds is 1. The van der Waals surface area contributed by atoms with Crippen LogP contribution in [0.5, 0.6) is 0 Å². The minimum atomic E-state index is 0.196. The largest absolute Gasteiger partial charge is 0.338 e. The molecule has 0 saturated carbocycles. The van der Waals surface area contributed by atoms with Crippen LogP contribution in [0.1, 0.15) is 29.6 Å². The first-order chi connectivity index (χ1) is 10.8. The number of hydrogen-bond donors (Lipinski definition) is 1. The molecule has 1 N–H and O–H groups in total. The van der Waals surface area contributed by atoms with Crippen LogP contribution < -0.4 is 5.32 Å². The summed E-state index contributed by atoms with van der Waals surface area (Å²) >= 11 is 0. The van der Waals surface area contributed by atoms with E-state index in [0.717, 1.165) is 43.5 Å². The molecule has 2 aliphatic heterocycles. The van der Waals surface area contributed by atoms with Crippen molar-refractivity contribution in [3.05, 3.63) is 48.0 Å². The molecule has 2 aromatic carbocycles. The molecule has 2 saturated heterocycles. The van der Waals surface area contributed by atoms with E-state index in [4.69, 9.17) is 0 Å². The average molecular weight is 294 g/mol. The van der Waals surface area contributed by atoms with Crippen LogP contribution >= 0.6 is 0 Å². The van der Waals surface area contributed by atoms with Crippen LogP contribution in [0.25, 0.3) is 10.8 Å². The lowest BCUT2D eigenvalue weighted by molar-refractivity contribution is 0.0762. The highest BCUT2D eigenvalue weighted by molar-refractivity contribution is 5.98. The van der Waals surface area contributed by atoms with Gasteiger partial charge in [0.15, 0.2) is 0 Å². The lowest BCUT2D eigenvalue weighted by atomic mass is 9.78. The van der Waals surface area contributed by atoms with Gasteiger partial charge in [0.1, 0.15) is 0 Å². The predicted octanol–water partition coefficient (Wildman–Crippen LogP) is 3.06. The summed E-state index contributed by atoms with van der Waals surface area (Å²) in [5, 5.41) is 5.76. The van der Waals surface area contributed by atoms with Crippen LogP contribution in [0.15, 0.2) is 42.5 Å². The van der Waals surface area contributed by atoms with Gasteiger partial charge >= 0.3 is 0 Å². The van der Waals surface area contributed by atoms with Crippen molar-refractivity contribution in [1.29, 1.82) is 0 Å². The van der Waals surface area contributed by atoms with Crippen molar-refractivity contribution in [2.45, 2.75) is 19.3 Å². The molecular weight excluding hydrogens is 272 g/mol. The van der Waals surface area contributed by atoms with Crippen LogP contribution in [0.3, 0.4) is 0 Å². The summed E-state index contributed by atoms with van der Waals surface area (Å²) in [4.78, 5) is 14.9. The standard InChI is InChI=1S/C19H22N2O/c22-18(17-6-5-15-3-1-2-4-16(15)13-17)21-12-9-19(14-21)7-10-20-11-8-19/h1-6,13,20H,7-12,14H2. The molecule has 22 heavy (non-hydrogen) atoms. The van der Waals surface area contributed by atoms with E-state index < -0.39 is 0 Å². The third-order valence-electron chi connectivity index (χ3n) is 5.39. The molecular formula is C19H22N2O. The van der Waals surface area contributed by atoms with E-state index in [0.29, 0.717) is 5.41 Å². The highest BCUT2D eigenvalue weighted by Gasteiger charge is 2.40. The molecule has 0 aliphatic carbocycles. The zero-order chi connectivity index (χ0) is 15.0. The number of amides is 1. The second-order valence-electron chi connectivity index (χ2n) is 6.79. The summed E-state index contributed by atoms with van der Waals surface area (Å²) in [6.07, 6.45) is 3.57. The van der Waals surface area contributed by atoms with Gasteiger partial charge in [-0.2, -0.15) is 0 Å². The fourth-order valence-electron chi connectivity index (χ4n) is 3.98. The molecule has 0 bridgehead atoms. The Morgan fingerprint density at radius 1 is 1.00 bits per heavy atom. The third-order valence-corrected chi connectivity index (χ3v) is 5.39. The molecule has 3 nitrogen and oxygen atoms in total. The maximum atomic E-state index is 12.8.